The number of hydrogen-bond donors (Lipinski definition) is 1. The normalized spacial score (nSPS) is 28.3. The molecule has 0 bridgehead atoms. The van der Waals surface area contributed by atoms with Gasteiger partial charge in [-0.25, -0.2) is 0 Å². The number of carbonyl (C=O) groups excluding carboxylic acids is 1. The molecule has 0 radical (unpaired) electrons. The summed E-state index contributed by atoms with van der Waals surface area (Å²) in [6.45, 7) is 6.23. The van der Waals surface area contributed by atoms with Gasteiger partial charge in [-0.15, -0.1) is 0 Å². The van der Waals surface area contributed by atoms with Gasteiger partial charge in [0, 0.05) is 26.7 Å². The maximum atomic E-state index is 12.6. The van der Waals surface area contributed by atoms with E-state index in [1.807, 2.05) is 4.90 Å². The Morgan fingerprint density at radius 3 is 2.94 bits per heavy atom. The van der Waals surface area contributed by atoms with Crippen LogP contribution >= 0.6 is 0 Å². The van der Waals surface area contributed by atoms with Crippen LogP contribution in [-0.2, 0) is 9.53 Å². The molecule has 0 aromatic rings. The van der Waals surface area contributed by atoms with Crippen LogP contribution in [0.4, 0.5) is 0 Å². The summed E-state index contributed by atoms with van der Waals surface area (Å²) < 4.78 is 5.14. The summed E-state index contributed by atoms with van der Waals surface area (Å²) in [4.78, 5) is 14.7. The largest absolute Gasteiger partial charge is 0.380 e. The van der Waals surface area contributed by atoms with Gasteiger partial charge in [-0.05, 0) is 31.4 Å². The fourth-order valence-corrected chi connectivity index (χ4v) is 2.93. The monoisotopic (exact) mass is 252 g/mol. The van der Waals surface area contributed by atoms with Crippen LogP contribution < -0.4 is 5.32 Å². The number of ether oxygens (including phenoxy) is 1. The number of hydrogen-bond acceptors (Lipinski definition) is 3. The average Bonchev–Trinajstić information content (AvgIpc) is 2.89. The molecular weight excluding hydrogens is 228 g/mol. The van der Waals surface area contributed by atoms with Crippen molar-refractivity contribution < 1.29 is 9.53 Å². The molecule has 4 nitrogen and oxygen atoms in total. The van der Waals surface area contributed by atoms with E-state index in [-0.39, 0.29) is 5.41 Å². The molecule has 102 valence electrons. The van der Waals surface area contributed by atoms with Crippen molar-refractivity contribution in [2.45, 2.75) is 26.2 Å². The SMILES string of the molecule is CCC1(C(=O)N2CC=C(COC)CC2)CCNC1. The lowest BCUT2D eigenvalue weighted by Gasteiger charge is -2.35. The Hall–Kier alpha value is -0.870. The summed E-state index contributed by atoms with van der Waals surface area (Å²) in [6.07, 6.45) is 5.01. The van der Waals surface area contributed by atoms with Crippen molar-refractivity contribution in [2.24, 2.45) is 5.41 Å². The van der Waals surface area contributed by atoms with Gasteiger partial charge in [0.15, 0.2) is 0 Å². The predicted molar refractivity (Wildman–Crippen MR) is 71.4 cm³/mol. The molecule has 1 saturated heterocycles. The second kappa shape index (κ2) is 5.85. The first kappa shape index (κ1) is 13.6. The van der Waals surface area contributed by atoms with E-state index >= 15 is 0 Å². The lowest BCUT2D eigenvalue weighted by atomic mass is 9.82. The molecule has 1 amide bonds. The molecule has 2 aliphatic heterocycles. The predicted octanol–water partition coefficient (Wildman–Crippen LogP) is 1.18. The fourth-order valence-electron chi connectivity index (χ4n) is 2.93. The van der Waals surface area contributed by atoms with Gasteiger partial charge in [0.1, 0.15) is 0 Å². The summed E-state index contributed by atoms with van der Waals surface area (Å²) in [5.41, 5.74) is 1.17. The van der Waals surface area contributed by atoms with Crippen LogP contribution in [0.3, 0.4) is 0 Å². The van der Waals surface area contributed by atoms with E-state index in [0.717, 1.165) is 45.4 Å². The van der Waals surface area contributed by atoms with E-state index in [4.69, 9.17) is 4.74 Å². The lowest BCUT2D eigenvalue weighted by Crippen LogP contribution is -2.46. The van der Waals surface area contributed by atoms with Crippen molar-refractivity contribution in [3.8, 4) is 0 Å². The van der Waals surface area contributed by atoms with Crippen molar-refractivity contribution in [3.63, 3.8) is 0 Å². The molecule has 0 aliphatic carbocycles. The molecule has 18 heavy (non-hydrogen) atoms. The minimum atomic E-state index is -0.146. The fraction of sp³-hybridized carbons (Fsp3) is 0.786. The smallest absolute Gasteiger partial charge is 0.230 e. The topological polar surface area (TPSA) is 41.6 Å². The zero-order chi connectivity index (χ0) is 13.0. The van der Waals surface area contributed by atoms with Crippen LogP contribution in [0.5, 0.6) is 0 Å². The highest BCUT2D eigenvalue weighted by Gasteiger charge is 2.42. The average molecular weight is 252 g/mol. The Labute approximate surface area is 109 Å². The quantitative estimate of drug-likeness (QED) is 0.764. The van der Waals surface area contributed by atoms with Gasteiger partial charge in [-0.1, -0.05) is 13.0 Å². The molecule has 0 aromatic heterocycles. The van der Waals surface area contributed by atoms with Crippen LogP contribution in [0.1, 0.15) is 26.2 Å². The van der Waals surface area contributed by atoms with E-state index in [1.165, 1.54) is 5.57 Å². The van der Waals surface area contributed by atoms with Crippen molar-refractivity contribution in [1.82, 2.24) is 10.2 Å². The summed E-state index contributed by atoms with van der Waals surface area (Å²) in [7, 11) is 1.72. The molecule has 1 fully saturated rings. The van der Waals surface area contributed by atoms with Crippen molar-refractivity contribution in [3.05, 3.63) is 11.6 Å². The standard InChI is InChI=1S/C14H24N2O2/c1-3-14(6-7-15-11-14)13(17)16-8-4-12(5-9-16)10-18-2/h4,15H,3,5-11H2,1-2H3. The van der Waals surface area contributed by atoms with E-state index in [1.54, 1.807) is 7.11 Å². The highest BCUT2D eigenvalue weighted by atomic mass is 16.5. The van der Waals surface area contributed by atoms with E-state index in [0.29, 0.717) is 12.5 Å². The first-order chi connectivity index (χ1) is 8.72. The van der Waals surface area contributed by atoms with Crippen LogP contribution in [0.15, 0.2) is 11.6 Å². The van der Waals surface area contributed by atoms with Gasteiger partial charge in [0.05, 0.1) is 12.0 Å². The minimum Gasteiger partial charge on any atom is -0.380 e. The summed E-state index contributed by atoms with van der Waals surface area (Å²) in [6, 6.07) is 0. The second-order valence-corrected chi connectivity index (χ2v) is 5.36. The third-order valence-electron chi connectivity index (χ3n) is 4.29. The highest BCUT2D eigenvalue weighted by Crippen LogP contribution is 2.32. The molecular formula is C14H24N2O2. The van der Waals surface area contributed by atoms with Crippen LogP contribution in [-0.4, -0.2) is 50.7 Å². The molecule has 0 saturated carbocycles. The molecule has 4 heteroatoms. The Morgan fingerprint density at radius 1 is 1.61 bits per heavy atom. The van der Waals surface area contributed by atoms with Gasteiger partial charge in [-0.2, -0.15) is 0 Å². The van der Waals surface area contributed by atoms with Crippen LogP contribution in [0, 0.1) is 5.41 Å². The third-order valence-corrected chi connectivity index (χ3v) is 4.29. The first-order valence-corrected chi connectivity index (χ1v) is 6.89. The molecule has 1 atom stereocenters. The van der Waals surface area contributed by atoms with E-state index < -0.39 is 0 Å². The Balaban J connectivity index is 1.98. The Kier molecular flexibility index (Phi) is 4.40. The molecule has 0 spiro atoms. The Morgan fingerprint density at radius 2 is 2.44 bits per heavy atom. The number of methoxy groups -OCH3 is 1. The highest BCUT2D eigenvalue weighted by molar-refractivity contribution is 5.83. The summed E-state index contributed by atoms with van der Waals surface area (Å²) in [5, 5.41) is 3.33. The van der Waals surface area contributed by atoms with Crippen molar-refractivity contribution >= 4 is 5.91 Å². The molecule has 0 aromatic carbocycles. The molecule has 1 unspecified atom stereocenters. The zero-order valence-corrected chi connectivity index (χ0v) is 11.5. The number of nitrogens with zero attached hydrogens (tertiary/aromatic N) is 1. The molecule has 2 rings (SSSR count). The second-order valence-electron chi connectivity index (χ2n) is 5.36. The maximum absolute atomic E-state index is 12.6. The van der Waals surface area contributed by atoms with Gasteiger partial charge < -0.3 is 15.0 Å². The van der Waals surface area contributed by atoms with E-state index in [2.05, 4.69) is 18.3 Å². The number of amides is 1. The molecule has 1 N–H and O–H groups in total. The van der Waals surface area contributed by atoms with Gasteiger partial charge in [0.2, 0.25) is 5.91 Å². The molecule has 2 aliphatic rings. The van der Waals surface area contributed by atoms with E-state index in [9.17, 15) is 4.79 Å². The van der Waals surface area contributed by atoms with Gasteiger partial charge in [0.25, 0.3) is 0 Å². The zero-order valence-electron chi connectivity index (χ0n) is 11.5. The van der Waals surface area contributed by atoms with Gasteiger partial charge in [-0.3, -0.25) is 4.79 Å². The Bertz CT molecular complexity index is 333. The van der Waals surface area contributed by atoms with Gasteiger partial charge >= 0.3 is 0 Å². The number of nitrogens with one attached hydrogen (secondary N) is 1. The first-order valence-electron chi connectivity index (χ1n) is 6.89. The minimum absolute atomic E-state index is 0.146. The number of rotatable bonds is 4. The lowest BCUT2D eigenvalue weighted by molar-refractivity contribution is -0.141. The van der Waals surface area contributed by atoms with Crippen molar-refractivity contribution in [1.29, 1.82) is 0 Å². The summed E-state index contributed by atoms with van der Waals surface area (Å²) in [5.74, 6) is 0.336. The van der Waals surface area contributed by atoms with Crippen LogP contribution in [0.2, 0.25) is 0 Å². The van der Waals surface area contributed by atoms with Crippen LogP contribution in [0.25, 0.3) is 0 Å². The third kappa shape index (κ3) is 2.59. The van der Waals surface area contributed by atoms with Crippen molar-refractivity contribution in [2.75, 3.05) is 39.9 Å². The summed E-state index contributed by atoms with van der Waals surface area (Å²) >= 11 is 0. The maximum Gasteiger partial charge on any atom is 0.230 e. The number of carbonyl (C=O) groups is 1. The molecule has 2 heterocycles.